The fraction of sp³-hybridized carbons (Fsp3) is 0.167. The van der Waals surface area contributed by atoms with E-state index in [0.29, 0.717) is 0 Å². The second-order valence-corrected chi connectivity index (χ2v) is 2.79. The van der Waals surface area contributed by atoms with Crippen molar-refractivity contribution in [2.24, 2.45) is 0 Å². The average molecular weight is 173 g/mol. The summed E-state index contributed by atoms with van der Waals surface area (Å²) in [6.45, 7) is 6.48. The number of hydrogen-bond acceptors (Lipinski definition) is 1. The van der Waals surface area contributed by atoms with Crippen molar-refractivity contribution in [3.05, 3.63) is 48.6 Å². The van der Waals surface area contributed by atoms with Gasteiger partial charge in [-0.1, -0.05) is 30.4 Å². The van der Waals surface area contributed by atoms with Gasteiger partial charge in [0.2, 0.25) is 0 Å². The van der Waals surface area contributed by atoms with E-state index < -0.39 is 0 Å². The molecular formula is C12H15N. The van der Waals surface area contributed by atoms with E-state index >= 15 is 0 Å². The molecule has 1 aromatic rings. The van der Waals surface area contributed by atoms with Gasteiger partial charge in [0.05, 0.1) is 0 Å². The SMILES string of the molecule is C=CCNc1ccc(/C=C/C)cc1. The van der Waals surface area contributed by atoms with Crippen molar-refractivity contribution < 1.29 is 0 Å². The molecular weight excluding hydrogens is 158 g/mol. The van der Waals surface area contributed by atoms with E-state index in [1.54, 1.807) is 0 Å². The number of benzene rings is 1. The van der Waals surface area contributed by atoms with Crippen LogP contribution in [0.3, 0.4) is 0 Å². The lowest BCUT2D eigenvalue weighted by Crippen LogP contribution is -1.96. The summed E-state index contributed by atoms with van der Waals surface area (Å²) >= 11 is 0. The standard InChI is InChI=1S/C12H15N/c1-3-5-11-6-8-12(9-7-11)13-10-4-2/h3-9,13H,2,10H2,1H3/b5-3+. The molecule has 0 aliphatic carbocycles. The molecule has 1 rings (SSSR count). The predicted octanol–water partition coefficient (Wildman–Crippen LogP) is 3.32. The van der Waals surface area contributed by atoms with Crippen LogP contribution in [0.25, 0.3) is 6.08 Å². The smallest absolute Gasteiger partial charge is 0.0343 e. The lowest BCUT2D eigenvalue weighted by Gasteiger charge is -2.02. The highest BCUT2D eigenvalue weighted by Gasteiger charge is 1.88. The van der Waals surface area contributed by atoms with Crippen molar-refractivity contribution in [2.45, 2.75) is 6.92 Å². The topological polar surface area (TPSA) is 12.0 Å². The van der Waals surface area contributed by atoms with Gasteiger partial charge in [0.25, 0.3) is 0 Å². The Kier molecular flexibility index (Phi) is 3.83. The highest BCUT2D eigenvalue weighted by Crippen LogP contribution is 2.10. The molecule has 1 N–H and O–H groups in total. The van der Waals surface area contributed by atoms with Gasteiger partial charge in [-0.3, -0.25) is 0 Å². The minimum absolute atomic E-state index is 0.808. The van der Waals surface area contributed by atoms with Crippen LogP contribution in [-0.2, 0) is 0 Å². The molecule has 0 saturated carbocycles. The van der Waals surface area contributed by atoms with Gasteiger partial charge in [0.15, 0.2) is 0 Å². The Labute approximate surface area is 79.8 Å². The van der Waals surface area contributed by atoms with Gasteiger partial charge < -0.3 is 5.32 Å². The van der Waals surface area contributed by atoms with Crippen molar-refractivity contribution >= 4 is 11.8 Å². The molecule has 0 fully saturated rings. The van der Waals surface area contributed by atoms with E-state index in [0.717, 1.165) is 12.2 Å². The Balaban J connectivity index is 2.63. The second-order valence-electron chi connectivity index (χ2n) is 2.79. The first-order chi connectivity index (χ1) is 6.36. The molecule has 0 spiro atoms. The van der Waals surface area contributed by atoms with Crippen LogP contribution in [0.1, 0.15) is 12.5 Å². The first-order valence-corrected chi connectivity index (χ1v) is 4.44. The van der Waals surface area contributed by atoms with E-state index in [4.69, 9.17) is 0 Å². The van der Waals surface area contributed by atoms with Crippen molar-refractivity contribution in [1.29, 1.82) is 0 Å². The largest absolute Gasteiger partial charge is 0.382 e. The molecule has 1 heteroatoms. The Morgan fingerprint density at radius 2 is 2.00 bits per heavy atom. The molecule has 13 heavy (non-hydrogen) atoms. The maximum absolute atomic E-state index is 3.65. The third-order valence-corrected chi connectivity index (χ3v) is 1.72. The van der Waals surface area contributed by atoms with Gasteiger partial charge >= 0.3 is 0 Å². The van der Waals surface area contributed by atoms with Crippen LogP contribution >= 0.6 is 0 Å². The number of rotatable bonds is 4. The Hall–Kier alpha value is -1.50. The summed E-state index contributed by atoms with van der Waals surface area (Å²) in [4.78, 5) is 0. The lowest BCUT2D eigenvalue weighted by atomic mass is 10.2. The van der Waals surface area contributed by atoms with Crippen LogP contribution in [0.4, 0.5) is 5.69 Å². The predicted molar refractivity (Wildman–Crippen MR) is 59.8 cm³/mol. The van der Waals surface area contributed by atoms with Gasteiger partial charge in [-0.15, -0.1) is 6.58 Å². The van der Waals surface area contributed by atoms with Gasteiger partial charge in [-0.2, -0.15) is 0 Å². The number of hydrogen-bond donors (Lipinski definition) is 1. The molecule has 0 bridgehead atoms. The van der Waals surface area contributed by atoms with E-state index in [-0.39, 0.29) is 0 Å². The van der Waals surface area contributed by atoms with Crippen LogP contribution in [-0.4, -0.2) is 6.54 Å². The fourth-order valence-electron chi connectivity index (χ4n) is 1.09. The molecule has 0 amide bonds. The summed E-state index contributed by atoms with van der Waals surface area (Å²) in [5.74, 6) is 0. The molecule has 0 unspecified atom stereocenters. The summed E-state index contributed by atoms with van der Waals surface area (Å²) in [5.41, 5.74) is 2.36. The Morgan fingerprint density at radius 1 is 1.31 bits per heavy atom. The molecule has 0 atom stereocenters. The lowest BCUT2D eigenvalue weighted by molar-refractivity contribution is 1.34. The van der Waals surface area contributed by atoms with Gasteiger partial charge in [0.1, 0.15) is 0 Å². The monoisotopic (exact) mass is 173 g/mol. The fourth-order valence-corrected chi connectivity index (χ4v) is 1.09. The molecule has 0 aliphatic rings. The molecule has 68 valence electrons. The van der Waals surface area contributed by atoms with Crippen LogP contribution in [0.15, 0.2) is 43.0 Å². The van der Waals surface area contributed by atoms with E-state index in [2.05, 4.69) is 42.2 Å². The van der Waals surface area contributed by atoms with Gasteiger partial charge in [-0.05, 0) is 24.6 Å². The maximum Gasteiger partial charge on any atom is 0.0343 e. The van der Waals surface area contributed by atoms with E-state index in [9.17, 15) is 0 Å². The molecule has 1 nitrogen and oxygen atoms in total. The maximum atomic E-state index is 3.65. The third kappa shape index (κ3) is 3.16. The van der Waals surface area contributed by atoms with Crippen LogP contribution in [0, 0.1) is 0 Å². The summed E-state index contributed by atoms with van der Waals surface area (Å²) < 4.78 is 0. The van der Waals surface area contributed by atoms with E-state index in [1.165, 1.54) is 5.56 Å². The number of anilines is 1. The normalized spacial score (nSPS) is 10.2. The summed E-state index contributed by atoms with van der Waals surface area (Å²) in [7, 11) is 0. The molecule has 0 aliphatic heterocycles. The summed E-state index contributed by atoms with van der Waals surface area (Å²) in [5, 5.41) is 3.22. The minimum Gasteiger partial charge on any atom is -0.382 e. The van der Waals surface area contributed by atoms with E-state index in [1.807, 2.05) is 19.1 Å². The number of nitrogens with one attached hydrogen (secondary N) is 1. The number of allylic oxidation sites excluding steroid dienone is 1. The van der Waals surface area contributed by atoms with Crippen LogP contribution < -0.4 is 5.32 Å². The van der Waals surface area contributed by atoms with Crippen molar-refractivity contribution in [3.63, 3.8) is 0 Å². The molecule has 0 aromatic heterocycles. The zero-order chi connectivity index (χ0) is 9.52. The molecule has 0 heterocycles. The van der Waals surface area contributed by atoms with Crippen LogP contribution in [0.2, 0.25) is 0 Å². The molecule has 0 saturated heterocycles. The van der Waals surface area contributed by atoms with Crippen molar-refractivity contribution in [2.75, 3.05) is 11.9 Å². The minimum atomic E-state index is 0.808. The quantitative estimate of drug-likeness (QED) is 0.689. The second kappa shape index (κ2) is 5.20. The van der Waals surface area contributed by atoms with Crippen molar-refractivity contribution in [3.8, 4) is 0 Å². The highest BCUT2D eigenvalue weighted by molar-refractivity contribution is 5.54. The van der Waals surface area contributed by atoms with Gasteiger partial charge in [0, 0.05) is 12.2 Å². The zero-order valence-electron chi connectivity index (χ0n) is 7.96. The highest BCUT2D eigenvalue weighted by atomic mass is 14.8. The van der Waals surface area contributed by atoms with Crippen LogP contribution in [0.5, 0.6) is 0 Å². The first kappa shape index (κ1) is 9.59. The third-order valence-electron chi connectivity index (χ3n) is 1.72. The molecule has 0 radical (unpaired) electrons. The van der Waals surface area contributed by atoms with Gasteiger partial charge in [-0.25, -0.2) is 0 Å². The summed E-state index contributed by atoms with van der Waals surface area (Å²) in [6.07, 6.45) is 5.96. The summed E-state index contributed by atoms with van der Waals surface area (Å²) in [6, 6.07) is 8.31. The van der Waals surface area contributed by atoms with Crippen molar-refractivity contribution in [1.82, 2.24) is 0 Å². The Morgan fingerprint density at radius 3 is 2.54 bits per heavy atom. The first-order valence-electron chi connectivity index (χ1n) is 4.44. The molecule has 1 aromatic carbocycles. The zero-order valence-corrected chi connectivity index (χ0v) is 7.96. The average Bonchev–Trinajstić information content (AvgIpc) is 2.17. The Bertz CT molecular complexity index is 282.